The Morgan fingerprint density at radius 1 is 1.11 bits per heavy atom. The van der Waals surface area contributed by atoms with E-state index >= 15 is 0 Å². The second-order valence-electron chi connectivity index (χ2n) is 8.58. The Bertz CT molecular complexity index is 1760. The first-order valence-corrected chi connectivity index (χ1v) is 11.9. The Kier molecular flexibility index (Phi) is 6.47. The molecule has 8 heteroatoms. The lowest BCUT2D eigenvalue weighted by atomic mass is 10.1. The number of fused-ring (bicyclic) bond motifs is 1. The Morgan fingerprint density at radius 3 is 2.73 bits per heavy atom. The minimum Gasteiger partial charge on any atom is -0.358 e. The number of H-pyrrole nitrogens is 2. The van der Waals surface area contributed by atoms with Crippen molar-refractivity contribution in [2.45, 2.75) is 20.3 Å². The number of aromatic nitrogens is 6. The fourth-order valence-electron chi connectivity index (χ4n) is 4.06. The summed E-state index contributed by atoms with van der Waals surface area (Å²) in [4.78, 5) is 16.8. The molecule has 4 aromatic heterocycles. The van der Waals surface area contributed by atoms with Gasteiger partial charge in [-0.15, -0.1) is 0 Å². The van der Waals surface area contributed by atoms with Crippen molar-refractivity contribution in [3.63, 3.8) is 0 Å². The van der Waals surface area contributed by atoms with E-state index in [4.69, 9.17) is 4.98 Å². The van der Waals surface area contributed by atoms with Gasteiger partial charge in [0.25, 0.3) is 0 Å². The van der Waals surface area contributed by atoms with Gasteiger partial charge in [0.15, 0.2) is 5.82 Å². The number of hydrogen-bond acceptors (Lipinski definition) is 5. The van der Waals surface area contributed by atoms with Gasteiger partial charge in [-0.05, 0) is 48.8 Å². The molecule has 4 heterocycles. The van der Waals surface area contributed by atoms with Gasteiger partial charge in [0.1, 0.15) is 11.5 Å². The Labute approximate surface area is 213 Å². The highest BCUT2D eigenvalue weighted by atomic mass is 19.1. The van der Waals surface area contributed by atoms with Crippen LogP contribution in [0, 0.1) is 5.82 Å². The fraction of sp³-hybridized carbons (Fsp3) is 0.103. The molecule has 0 saturated carbocycles. The normalized spacial score (nSPS) is 12.3. The topological polar surface area (TPSA) is 95.2 Å². The largest absolute Gasteiger partial charge is 0.358 e. The molecule has 5 rings (SSSR count). The van der Waals surface area contributed by atoms with Crippen molar-refractivity contribution in [1.82, 2.24) is 30.1 Å². The molecule has 0 amide bonds. The molecule has 1 aromatic carbocycles. The Hall–Kier alpha value is -4.85. The van der Waals surface area contributed by atoms with Crippen molar-refractivity contribution in [1.29, 1.82) is 0 Å². The summed E-state index contributed by atoms with van der Waals surface area (Å²) in [6.07, 6.45) is 11.6. The van der Waals surface area contributed by atoms with E-state index in [0.717, 1.165) is 50.6 Å². The summed E-state index contributed by atoms with van der Waals surface area (Å²) in [6, 6.07) is 8.38. The van der Waals surface area contributed by atoms with E-state index in [9.17, 15) is 4.39 Å². The molecule has 0 saturated heterocycles. The summed E-state index contributed by atoms with van der Waals surface area (Å²) in [6.45, 7) is 12.3. The smallest absolute Gasteiger partial charge is 0.159 e. The van der Waals surface area contributed by atoms with Crippen molar-refractivity contribution in [3.8, 4) is 22.6 Å². The average Bonchev–Trinajstić information content (AvgIpc) is 3.52. The highest BCUT2D eigenvalue weighted by molar-refractivity contribution is 5.93. The highest BCUT2D eigenvalue weighted by Gasteiger charge is 2.15. The van der Waals surface area contributed by atoms with E-state index < -0.39 is 0 Å². The monoisotopic (exact) mass is 491 g/mol. The van der Waals surface area contributed by atoms with Crippen LogP contribution >= 0.6 is 0 Å². The molecular formula is C29H26FN7. The lowest BCUT2D eigenvalue weighted by Gasteiger charge is -2.08. The van der Waals surface area contributed by atoms with Gasteiger partial charge >= 0.3 is 0 Å². The van der Waals surface area contributed by atoms with Gasteiger partial charge in [0, 0.05) is 34.4 Å². The third-order valence-electron chi connectivity index (χ3n) is 6.05. The fourth-order valence-corrected chi connectivity index (χ4v) is 4.06. The van der Waals surface area contributed by atoms with E-state index in [1.807, 2.05) is 38.1 Å². The first kappa shape index (κ1) is 23.9. The van der Waals surface area contributed by atoms with Crippen LogP contribution in [0.1, 0.15) is 25.8 Å². The number of hydrogen-bond donors (Lipinski definition) is 3. The molecule has 0 unspecified atom stereocenters. The summed E-state index contributed by atoms with van der Waals surface area (Å²) in [5, 5.41) is 12.6. The second kappa shape index (κ2) is 10.0. The van der Waals surface area contributed by atoms with Crippen LogP contribution in [-0.2, 0) is 0 Å². The molecule has 7 nitrogen and oxygen atoms in total. The predicted octanol–water partition coefficient (Wildman–Crippen LogP) is 5.18. The van der Waals surface area contributed by atoms with Crippen LogP contribution in [0.3, 0.4) is 0 Å². The summed E-state index contributed by atoms with van der Waals surface area (Å²) >= 11 is 0. The predicted molar refractivity (Wildman–Crippen MR) is 147 cm³/mol. The van der Waals surface area contributed by atoms with E-state index in [1.54, 1.807) is 30.9 Å². The zero-order chi connectivity index (χ0) is 25.9. The number of rotatable bonds is 7. The number of nitrogens with zero attached hydrogens (tertiary/aromatic N) is 4. The first-order valence-electron chi connectivity index (χ1n) is 11.9. The van der Waals surface area contributed by atoms with Crippen LogP contribution in [0.5, 0.6) is 0 Å². The molecule has 0 fully saturated rings. The lowest BCUT2D eigenvalue weighted by Crippen LogP contribution is -2.23. The van der Waals surface area contributed by atoms with Gasteiger partial charge in [-0.1, -0.05) is 38.3 Å². The number of anilines is 1. The number of imidazole rings is 1. The van der Waals surface area contributed by atoms with E-state index in [1.165, 1.54) is 12.1 Å². The van der Waals surface area contributed by atoms with Crippen molar-refractivity contribution < 1.29 is 4.39 Å². The average molecular weight is 492 g/mol. The van der Waals surface area contributed by atoms with Crippen LogP contribution in [-0.4, -0.2) is 30.1 Å². The standard InChI is InChI=1S/C29H26FN7/c1-5-18(4)33-22-12-20(13-31-14-22)17(3)10-23-25(6-2)36-37-28(23)29-34-26-16-32-15-24(27(26)35-29)19-8-7-9-21(30)11-19/h6-16,33,36H,3-5H2,1-2H3,(H,34,35)/b23-10+,25-6+. The summed E-state index contributed by atoms with van der Waals surface area (Å²) < 4.78 is 13.9. The van der Waals surface area contributed by atoms with Crippen LogP contribution in [0.2, 0.25) is 0 Å². The number of nitrogens with one attached hydrogen (secondary N) is 3. The van der Waals surface area contributed by atoms with Gasteiger partial charge in [-0.3, -0.25) is 15.1 Å². The van der Waals surface area contributed by atoms with Gasteiger partial charge < -0.3 is 10.3 Å². The molecule has 184 valence electrons. The van der Waals surface area contributed by atoms with Gasteiger partial charge in [0.2, 0.25) is 0 Å². The van der Waals surface area contributed by atoms with Crippen LogP contribution < -0.4 is 15.9 Å². The molecule has 0 bridgehead atoms. The van der Waals surface area contributed by atoms with Crippen LogP contribution in [0.4, 0.5) is 10.1 Å². The molecular weight excluding hydrogens is 465 g/mol. The molecule has 0 spiro atoms. The van der Waals surface area contributed by atoms with Crippen LogP contribution in [0.25, 0.3) is 51.4 Å². The molecule has 0 aliphatic carbocycles. The quantitative estimate of drug-likeness (QED) is 0.292. The number of allylic oxidation sites excluding steroid dienone is 2. The number of benzene rings is 1. The first-order chi connectivity index (χ1) is 18.0. The van der Waals surface area contributed by atoms with Crippen molar-refractivity contribution in [2.24, 2.45) is 0 Å². The maximum atomic E-state index is 13.9. The lowest BCUT2D eigenvalue weighted by molar-refractivity contribution is 0.628. The zero-order valence-corrected chi connectivity index (χ0v) is 20.6. The van der Waals surface area contributed by atoms with E-state index in [2.05, 4.69) is 43.6 Å². The minimum atomic E-state index is -0.316. The van der Waals surface area contributed by atoms with E-state index in [-0.39, 0.29) is 5.82 Å². The van der Waals surface area contributed by atoms with Crippen molar-refractivity contribution >= 4 is 34.4 Å². The molecule has 0 atom stereocenters. The third-order valence-corrected chi connectivity index (χ3v) is 6.05. The summed E-state index contributed by atoms with van der Waals surface area (Å²) in [5.41, 5.74) is 6.87. The second-order valence-corrected chi connectivity index (χ2v) is 8.58. The van der Waals surface area contributed by atoms with Gasteiger partial charge in [-0.2, -0.15) is 5.10 Å². The number of pyridine rings is 2. The molecule has 37 heavy (non-hydrogen) atoms. The number of aromatic amines is 2. The number of halogens is 1. The molecule has 0 aliphatic heterocycles. The van der Waals surface area contributed by atoms with E-state index in [0.29, 0.717) is 22.6 Å². The summed E-state index contributed by atoms with van der Waals surface area (Å²) in [5.74, 6) is 0.251. The van der Waals surface area contributed by atoms with Crippen LogP contribution in [0.15, 0.2) is 74.0 Å². The highest BCUT2D eigenvalue weighted by Crippen LogP contribution is 2.28. The zero-order valence-electron chi connectivity index (χ0n) is 20.6. The van der Waals surface area contributed by atoms with Crippen molar-refractivity contribution in [3.05, 3.63) is 95.9 Å². The van der Waals surface area contributed by atoms with Gasteiger partial charge in [0.05, 0.1) is 34.5 Å². The minimum absolute atomic E-state index is 0.316. The summed E-state index contributed by atoms with van der Waals surface area (Å²) in [7, 11) is 0. The third kappa shape index (κ3) is 4.81. The SMILES string of the molecule is C=C(CC)Nc1cncc(C(=C)/C=c2/c(-c3nc4c(-c5cccc(F)c5)cncc4[nH]3)n[nH]/c2=C/C)c1. The Balaban J connectivity index is 1.59. The maximum absolute atomic E-state index is 13.9. The molecule has 0 aliphatic rings. The molecule has 3 N–H and O–H groups in total. The Morgan fingerprint density at radius 2 is 1.95 bits per heavy atom. The molecule has 0 radical (unpaired) electrons. The van der Waals surface area contributed by atoms with Gasteiger partial charge in [-0.25, -0.2) is 9.37 Å². The maximum Gasteiger partial charge on any atom is 0.159 e. The van der Waals surface area contributed by atoms with Crippen molar-refractivity contribution in [2.75, 3.05) is 5.32 Å². The molecule has 5 aromatic rings.